The average molecular weight is 1560 g/mol. The number of hydrogen-bond acceptors (Lipinski definition) is 15. The normalized spacial score (nSPS) is 20.2. The molecule has 114 heavy (non-hydrogen) atoms. The summed E-state index contributed by atoms with van der Waals surface area (Å²) in [5.74, 6) is -0.0693. The quantitative estimate of drug-likeness (QED) is 0.0460. The number of esters is 1. The van der Waals surface area contributed by atoms with Crippen LogP contribution in [-0.2, 0) is 38.7 Å². The summed E-state index contributed by atoms with van der Waals surface area (Å²) in [6.45, 7) is 20.6. The number of aromatic nitrogens is 6. The van der Waals surface area contributed by atoms with Crippen molar-refractivity contribution in [3.05, 3.63) is 151 Å². The molecule has 8 aromatic rings. The number of amides is 6. The fourth-order valence-electron chi connectivity index (χ4n) is 19.2. The summed E-state index contributed by atoms with van der Waals surface area (Å²) in [4.78, 5) is 133. The number of nitrogens with one attached hydrogen (secondary N) is 4. The molecule has 4 aromatic heterocycles. The summed E-state index contributed by atoms with van der Waals surface area (Å²) in [7, 11) is 4.36. The van der Waals surface area contributed by atoms with Gasteiger partial charge in [-0.3, -0.25) is 38.6 Å². The Morgan fingerprint density at radius 2 is 0.965 bits per heavy atom. The summed E-state index contributed by atoms with van der Waals surface area (Å²) in [6, 6.07) is 26.8. The molecule has 0 unspecified atom stereocenters. The first-order chi connectivity index (χ1) is 55.2. The number of aryl methyl sites for hydroxylation is 2. The highest BCUT2D eigenvalue weighted by molar-refractivity contribution is 5.97. The molecule has 0 bridgehead atoms. The van der Waals surface area contributed by atoms with E-state index in [-0.39, 0.29) is 76.3 Å². The molecule has 0 radical (unpaired) electrons. The van der Waals surface area contributed by atoms with E-state index in [9.17, 15) is 38.4 Å². The molecule has 6 aliphatic heterocycles. The molecular formula is C89H118N16O9. The molecule has 6 amide bonds. The van der Waals surface area contributed by atoms with E-state index in [4.69, 9.17) is 9.84 Å². The molecule has 4 N–H and O–H groups in total. The molecule has 4 aromatic carbocycles. The Labute approximate surface area is 668 Å². The van der Waals surface area contributed by atoms with Gasteiger partial charge in [0.05, 0.1) is 28.1 Å². The van der Waals surface area contributed by atoms with Crippen LogP contribution in [-0.4, -0.2) is 247 Å². The molecule has 0 spiro atoms. The van der Waals surface area contributed by atoms with Crippen molar-refractivity contribution < 1.29 is 33.5 Å². The van der Waals surface area contributed by atoms with Gasteiger partial charge in [-0.1, -0.05) is 88.1 Å². The van der Waals surface area contributed by atoms with E-state index in [0.29, 0.717) is 103 Å². The van der Waals surface area contributed by atoms with Gasteiger partial charge in [0.25, 0.3) is 17.0 Å². The van der Waals surface area contributed by atoms with Crippen LogP contribution in [0.5, 0.6) is 0 Å². The Bertz CT molecular complexity index is 4910. The fourth-order valence-corrected chi connectivity index (χ4v) is 19.2. The number of para-hydroxylation sites is 2. The van der Waals surface area contributed by atoms with E-state index in [1.807, 2.05) is 109 Å². The van der Waals surface area contributed by atoms with Gasteiger partial charge in [-0.05, 0) is 225 Å². The van der Waals surface area contributed by atoms with E-state index >= 15 is 0 Å². The number of H-pyrrole nitrogens is 2. The first kappa shape index (κ1) is 79.9. The van der Waals surface area contributed by atoms with Gasteiger partial charge >= 0.3 is 18.0 Å². The summed E-state index contributed by atoms with van der Waals surface area (Å²) < 4.78 is 9.05. The molecule has 8 fully saturated rings. The molecular weight excluding hydrogens is 1440 g/mol. The zero-order valence-electron chi connectivity index (χ0n) is 67.9. The minimum Gasteiger partial charge on any atom is -0.442 e. The second-order valence-electron chi connectivity index (χ2n) is 34.6. The van der Waals surface area contributed by atoms with Crippen molar-refractivity contribution in [3.63, 3.8) is 0 Å². The van der Waals surface area contributed by atoms with Crippen molar-refractivity contribution in [2.24, 2.45) is 10.8 Å². The highest BCUT2D eigenvalue weighted by Crippen LogP contribution is 2.52. The highest BCUT2D eigenvalue weighted by Gasteiger charge is 2.52. The number of carbonyl (C=O) groups is 6. The highest BCUT2D eigenvalue weighted by atomic mass is 16.5. The Kier molecular flexibility index (Phi) is 24.6. The van der Waals surface area contributed by atoms with Crippen molar-refractivity contribution in [2.45, 2.75) is 199 Å². The molecule has 2 atom stereocenters. The zero-order valence-corrected chi connectivity index (χ0v) is 67.9. The Hall–Kier alpha value is -9.30. The van der Waals surface area contributed by atoms with Gasteiger partial charge in [0.2, 0.25) is 11.8 Å². The number of pyridine rings is 2. The lowest BCUT2D eigenvalue weighted by atomic mass is 9.89. The van der Waals surface area contributed by atoms with Crippen LogP contribution in [0.25, 0.3) is 43.6 Å². The number of aromatic amines is 2. The maximum absolute atomic E-state index is 14.4. The van der Waals surface area contributed by atoms with E-state index in [1.165, 1.54) is 0 Å². The molecule has 25 nitrogen and oxygen atoms in total. The van der Waals surface area contributed by atoms with Crippen LogP contribution in [0, 0.1) is 24.7 Å². The van der Waals surface area contributed by atoms with Gasteiger partial charge in [0.15, 0.2) is 6.73 Å². The Morgan fingerprint density at radius 1 is 0.518 bits per heavy atom. The number of piperidine rings is 4. The van der Waals surface area contributed by atoms with Crippen molar-refractivity contribution in [3.8, 4) is 0 Å². The van der Waals surface area contributed by atoms with E-state index < -0.39 is 12.1 Å². The molecule has 608 valence electrons. The number of benzene rings is 4. The molecule has 16 rings (SSSR count). The first-order valence-electron chi connectivity index (χ1n) is 42.6. The monoisotopic (exact) mass is 1550 g/mol. The van der Waals surface area contributed by atoms with E-state index in [1.54, 1.807) is 25.4 Å². The summed E-state index contributed by atoms with van der Waals surface area (Å²) in [6.07, 6.45) is 21.2. The van der Waals surface area contributed by atoms with Crippen LogP contribution < -0.4 is 21.8 Å². The van der Waals surface area contributed by atoms with Gasteiger partial charge in [-0.15, -0.1) is 0 Å². The van der Waals surface area contributed by atoms with Gasteiger partial charge in [-0.25, -0.2) is 14.3 Å². The SMILES string of the molecule is CCCCC1(C(=O)OCn2cc3cc(C[C@@H](NC(=O)N4CCC(c5cc6ccccc6[nH]c5=O)CC4)C(=O)N4CCN(C5CCN(C)CC5)CC4)cc(C)c3n2)CC1.CCCCC1(C(=O)n2ncc3cc(C[C@@H](NC(=O)N4CCC(c5cc6ccccc6[nH]c5=O)CC4)C(=O)N4CCN(C5CCN(C)CC5)CC4)cc(C)c32)CC1. The number of ether oxygens (including phenoxy) is 1. The zero-order chi connectivity index (χ0) is 79.4. The fraction of sp³-hybridized carbons (Fsp3) is 0.573. The van der Waals surface area contributed by atoms with Gasteiger partial charge in [0.1, 0.15) is 12.1 Å². The topological polar surface area (TPSA) is 263 Å². The third-order valence-corrected chi connectivity index (χ3v) is 26.7. The number of unbranched alkanes of at least 4 members (excludes halogenated alkanes) is 2. The van der Waals surface area contributed by atoms with Crippen molar-refractivity contribution in [2.75, 3.05) is 119 Å². The molecule has 8 aliphatic rings. The van der Waals surface area contributed by atoms with Gasteiger partial charge in [-0.2, -0.15) is 14.9 Å². The largest absolute Gasteiger partial charge is 0.442 e. The minimum absolute atomic E-state index is 0.0470. The van der Waals surface area contributed by atoms with Crippen LogP contribution in [0.15, 0.2) is 107 Å². The Morgan fingerprint density at radius 3 is 1.43 bits per heavy atom. The van der Waals surface area contributed by atoms with E-state index in [2.05, 4.69) is 79.3 Å². The average Bonchev–Trinajstić information content (AvgIpc) is 1.60. The number of hydrogen-bond donors (Lipinski definition) is 4. The lowest BCUT2D eigenvalue weighted by Gasteiger charge is -2.43. The van der Waals surface area contributed by atoms with Crippen LogP contribution in [0.2, 0.25) is 0 Å². The number of piperazine rings is 2. The van der Waals surface area contributed by atoms with Crippen molar-refractivity contribution in [1.29, 1.82) is 0 Å². The third kappa shape index (κ3) is 18.0. The number of rotatable bonds is 22. The molecule has 10 heterocycles. The lowest BCUT2D eigenvalue weighted by Crippen LogP contribution is -2.59. The van der Waals surface area contributed by atoms with Crippen LogP contribution in [0.1, 0.15) is 179 Å². The number of fused-ring (bicyclic) bond motifs is 4. The molecule has 2 aliphatic carbocycles. The number of urea groups is 2. The molecule has 6 saturated heterocycles. The van der Waals surface area contributed by atoms with Gasteiger partial charge in [0, 0.05) is 143 Å². The summed E-state index contributed by atoms with van der Waals surface area (Å²) >= 11 is 0. The first-order valence-corrected chi connectivity index (χ1v) is 42.6. The predicted molar refractivity (Wildman–Crippen MR) is 444 cm³/mol. The lowest BCUT2D eigenvalue weighted by molar-refractivity contribution is -0.155. The van der Waals surface area contributed by atoms with Crippen molar-refractivity contribution >= 4 is 79.4 Å². The maximum atomic E-state index is 14.4. The van der Waals surface area contributed by atoms with Crippen molar-refractivity contribution in [1.82, 2.24) is 79.4 Å². The second kappa shape index (κ2) is 35.0. The Balaban J connectivity index is 0.000000180. The second-order valence-corrected chi connectivity index (χ2v) is 34.6. The van der Waals surface area contributed by atoms with Gasteiger partial charge < -0.3 is 54.7 Å². The standard InChI is InChI=1S/C45H60N8O5.C44H58N8O4/c1-4-5-14-45(15-16-45)43(56)58-30-53-29-35-26-32(25-31(2)40(35)48-53)27-39(42(55)51-23-21-50(22-24-51)36-12-17-49(3)18-13-36)47-44(57)52-19-10-33(11-20-52)37-28-34-8-6-7-9-38(34)46-41(37)54;1-4-5-14-44(15-16-44)42(55)52-39-30(2)25-31(26-34(39)29-45-52)27-38(41(54)50-23-21-49(22-24-50)35-12-17-48(3)18-13-35)47-43(56)51-19-10-32(11-20-51)36-28-33-8-6-7-9-37(33)46-40(36)53/h6-9,25-26,28-29,33,36,39H,4-5,10-24,27,30H2,1-3H3,(H,46,54)(H,47,57);6-9,25-26,28-29,32,35,38H,4-5,10-24,27H2,1-3H3,(H,46,53)(H,47,56)/t39-;38-/m11/s1. The van der Waals surface area contributed by atoms with Crippen LogP contribution in [0.3, 0.4) is 0 Å². The van der Waals surface area contributed by atoms with E-state index in [0.717, 1.165) is 219 Å². The summed E-state index contributed by atoms with van der Waals surface area (Å²) in [5.41, 5.74) is 7.79. The van der Waals surface area contributed by atoms with Crippen LogP contribution in [0.4, 0.5) is 9.59 Å². The predicted octanol–water partition coefficient (Wildman–Crippen LogP) is 10.9. The molecule has 2 saturated carbocycles. The summed E-state index contributed by atoms with van der Waals surface area (Å²) in [5, 5.41) is 19.5. The minimum atomic E-state index is -0.755. The number of carbonyl (C=O) groups excluding carboxylic acids is 6. The molecule has 25 heteroatoms. The van der Waals surface area contributed by atoms with Crippen LogP contribution >= 0.6 is 0 Å². The smallest absolute Gasteiger partial charge is 0.318 e. The maximum Gasteiger partial charge on any atom is 0.318 e. The number of nitrogens with zero attached hydrogens (tertiary/aromatic N) is 12. The third-order valence-electron chi connectivity index (χ3n) is 26.7. The number of likely N-dealkylation sites (tertiary alicyclic amines) is 4.